The molecule has 1 amide bonds. The third kappa shape index (κ3) is 1.63. The van der Waals surface area contributed by atoms with Crippen LogP contribution >= 0.6 is 0 Å². The molecular formula is C11H13NO2. The minimum atomic E-state index is 0.0303. The predicted octanol–water partition coefficient (Wildman–Crippen LogP) is 0.780. The van der Waals surface area contributed by atoms with Gasteiger partial charge in [0.15, 0.2) is 0 Å². The van der Waals surface area contributed by atoms with Crippen LogP contribution in [-0.2, 0) is 11.3 Å². The molecule has 1 aliphatic heterocycles. The molecule has 14 heavy (non-hydrogen) atoms. The summed E-state index contributed by atoms with van der Waals surface area (Å²) in [6.45, 7) is 0.684. The molecule has 0 bridgehead atoms. The fourth-order valence-electron chi connectivity index (χ4n) is 1.68. The van der Waals surface area contributed by atoms with Gasteiger partial charge in [-0.3, -0.25) is 4.79 Å². The molecule has 2 rings (SSSR count). The molecule has 3 nitrogen and oxygen atoms in total. The topological polar surface area (TPSA) is 40.5 Å². The van der Waals surface area contributed by atoms with Crippen molar-refractivity contribution in [2.24, 2.45) is 0 Å². The van der Waals surface area contributed by atoms with E-state index in [1.54, 1.807) is 4.90 Å². The quantitative estimate of drug-likeness (QED) is 0.717. The maximum Gasteiger partial charge on any atom is 0.225 e. The van der Waals surface area contributed by atoms with E-state index < -0.39 is 0 Å². The monoisotopic (exact) mass is 191 g/mol. The zero-order valence-electron chi connectivity index (χ0n) is 7.89. The Labute approximate surface area is 83.0 Å². The molecular weight excluding hydrogens is 178 g/mol. The molecule has 1 aliphatic rings. The molecule has 1 atom stereocenters. The van der Waals surface area contributed by atoms with Crippen LogP contribution in [0.1, 0.15) is 12.0 Å². The minimum absolute atomic E-state index is 0.0303. The summed E-state index contributed by atoms with van der Waals surface area (Å²) in [4.78, 5) is 12.9. The van der Waals surface area contributed by atoms with Gasteiger partial charge in [-0.25, -0.2) is 0 Å². The summed E-state index contributed by atoms with van der Waals surface area (Å²) in [7, 11) is 0. The maximum absolute atomic E-state index is 11.2. The summed E-state index contributed by atoms with van der Waals surface area (Å²) in [5.41, 5.74) is 1.11. The van der Waals surface area contributed by atoms with Gasteiger partial charge in [0.2, 0.25) is 5.91 Å². The van der Waals surface area contributed by atoms with Crippen LogP contribution in [0.4, 0.5) is 0 Å². The number of aliphatic hydroxyl groups is 1. The number of carbonyl (C=O) groups excluding carboxylic acids is 1. The van der Waals surface area contributed by atoms with Crippen LogP contribution in [0.3, 0.4) is 0 Å². The molecule has 1 fully saturated rings. The summed E-state index contributed by atoms with van der Waals surface area (Å²) in [6.07, 6.45) is 0.489. The lowest BCUT2D eigenvalue weighted by Crippen LogP contribution is -2.53. The third-order valence-corrected chi connectivity index (χ3v) is 2.58. The van der Waals surface area contributed by atoms with Crippen molar-refractivity contribution in [2.45, 2.75) is 19.0 Å². The van der Waals surface area contributed by atoms with Crippen LogP contribution in [0.5, 0.6) is 0 Å². The van der Waals surface area contributed by atoms with Crippen molar-refractivity contribution in [1.29, 1.82) is 0 Å². The molecule has 3 heteroatoms. The second-order valence-corrected chi connectivity index (χ2v) is 3.55. The zero-order valence-corrected chi connectivity index (χ0v) is 7.89. The summed E-state index contributed by atoms with van der Waals surface area (Å²) in [6, 6.07) is 9.86. The SMILES string of the molecule is O=C1C[C@H](CO)N1Cc1ccccc1. The van der Waals surface area contributed by atoms with Crippen molar-refractivity contribution >= 4 is 5.91 Å². The van der Waals surface area contributed by atoms with E-state index >= 15 is 0 Å². The number of carbonyl (C=O) groups is 1. The highest BCUT2D eigenvalue weighted by molar-refractivity contribution is 5.83. The van der Waals surface area contributed by atoms with Crippen LogP contribution in [-0.4, -0.2) is 28.6 Å². The van der Waals surface area contributed by atoms with Gasteiger partial charge in [-0.1, -0.05) is 30.3 Å². The molecule has 1 heterocycles. The van der Waals surface area contributed by atoms with Crippen molar-refractivity contribution < 1.29 is 9.90 Å². The molecule has 1 saturated heterocycles. The van der Waals surface area contributed by atoms with E-state index in [4.69, 9.17) is 5.11 Å². The van der Waals surface area contributed by atoms with Crippen molar-refractivity contribution in [3.63, 3.8) is 0 Å². The Morgan fingerprint density at radius 3 is 2.64 bits per heavy atom. The Morgan fingerprint density at radius 2 is 2.07 bits per heavy atom. The highest BCUT2D eigenvalue weighted by atomic mass is 16.3. The van der Waals surface area contributed by atoms with E-state index in [1.165, 1.54) is 0 Å². The van der Waals surface area contributed by atoms with Gasteiger partial charge in [-0.2, -0.15) is 0 Å². The summed E-state index contributed by atoms with van der Waals surface area (Å²) < 4.78 is 0. The largest absolute Gasteiger partial charge is 0.394 e. The lowest BCUT2D eigenvalue weighted by atomic mass is 10.0. The van der Waals surface area contributed by atoms with Crippen LogP contribution in [0.25, 0.3) is 0 Å². The first-order valence-corrected chi connectivity index (χ1v) is 4.75. The van der Waals surface area contributed by atoms with Crippen LogP contribution in [0.15, 0.2) is 30.3 Å². The van der Waals surface area contributed by atoms with E-state index in [-0.39, 0.29) is 18.6 Å². The second-order valence-electron chi connectivity index (χ2n) is 3.55. The Morgan fingerprint density at radius 1 is 1.36 bits per heavy atom. The van der Waals surface area contributed by atoms with Gasteiger partial charge in [0.1, 0.15) is 0 Å². The summed E-state index contributed by atoms with van der Waals surface area (Å²) in [5, 5.41) is 8.96. The van der Waals surface area contributed by atoms with Crippen molar-refractivity contribution in [3.8, 4) is 0 Å². The lowest BCUT2D eigenvalue weighted by molar-refractivity contribution is -0.149. The van der Waals surface area contributed by atoms with E-state index in [2.05, 4.69) is 0 Å². The Bertz CT molecular complexity index is 323. The molecule has 0 aromatic heterocycles. The molecule has 0 aliphatic carbocycles. The Kier molecular flexibility index (Phi) is 2.50. The normalized spacial score (nSPS) is 20.8. The molecule has 0 spiro atoms. The van der Waals surface area contributed by atoms with Crippen molar-refractivity contribution in [3.05, 3.63) is 35.9 Å². The lowest BCUT2D eigenvalue weighted by Gasteiger charge is -2.39. The third-order valence-electron chi connectivity index (χ3n) is 2.58. The van der Waals surface area contributed by atoms with Gasteiger partial charge in [0, 0.05) is 13.0 Å². The number of hydrogen-bond donors (Lipinski definition) is 1. The fourth-order valence-corrected chi connectivity index (χ4v) is 1.68. The van der Waals surface area contributed by atoms with Gasteiger partial charge in [0.05, 0.1) is 12.6 Å². The first kappa shape index (κ1) is 9.21. The van der Waals surface area contributed by atoms with Gasteiger partial charge >= 0.3 is 0 Å². The summed E-state index contributed by atoms with van der Waals surface area (Å²) in [5.74, 6) is 0.132. The van der Waals surface area contributed by atoms with E-state index in [9.17, 15) is 4.79 Å². The number of hydrogen-bond acceptors (Lipinski definition) is 2. The highest BCUT2D eigenvalue weighted by Gasteiger charge is 2.34. The number of rotatable bonds is 3. The van der Waals surface area contributed by atoms with Gasteiger partial charge < -0.3 is 10.0 Å². The number of benzene rings is 1. The van der Waals surface area contributed by atoms with E-state index in [1.807, 2.05) is 30.3 Å². The molecule has 0 radical (unpaired) electrons. The molecule has 0 unspecified atom stereocenters. The first-order valence-electron chi connectivity index (χ1n) is 4.75. The second kappa shape index (κ2) is 3.80. The molecule has 74 valence electrons. The zero-order chi connectivity index (χ0) is 9.97. The number of β-lactam (4-membered cyclic amide) rings is 1. The van der Waals surface area contributed by atoms with E-state index in [0.717, 1.165) is 5.56 Å². The number of aliphatic hydroxyl groups excluding tert-OH is 1. The first-order chi connectivity index (χ1) is 6.81. The van der Waals surface area contributed by atoms with Crippen LogP contribution in [0, 0.1) is 0 Å². The van der Waals surface area contributed by atoms with Crippen molar-refractivity contribution in [1.82, 2.24) is 4.90 Å². The number of amides is 1. The van der Waals surface area contributed by atoms with Gasteiger partial charge in [0.25, 0.3) is 0 Å². The fraction of sp³-hybridized carbons (Fsp3) is 0.364. The highest BCUT2D eigenvalue weighted by Crippen LogP contribution is 2.21. The van der Waals surface area contributed by atoms with Gasteiger partial charge in [-0.15, -0.1) is 0 Å². The number of nitrogens with zero attached hydrogens (tertiary/aromatic N) is 1. The maximum atomic E-state index is 11.2. The molecule has 1 N–H and O–H groups in total. The molecule has 1 aromatic carbocycles. The smallest absolute Gasteiger partial charge is 0.225 e. The Balaban J connectivity index is 2.01. The molecule has 1 aromatic rings. The van der Waals surface area contributed by atoms with Crippen molar-refractivity contribution in [2.75, 3.05) is 6.61 Å². The standard InChI is InChI=1S/C11H13NO2/c13-8-10-6-11(14)12(10)7-9-4-2-1-3-5-9/h1-5,10,13H,6-8H2/t10-/m1/s1. The average molecular weight is 191 g/mol. The average Bonchev–Trinajstić information content (AvgIpc) is 2.24. The number of likely N-dealkylation sites (tertiary alicyclic amines) is 1. The Hall–Kier alpha value is -1.35. The van der Waals surface area contributed by atoms with Crippen LogP contribution in [0.2, 0.25) is 0 Å². The minimum Gasteiger partial charge on any atom is -0.394 e. The van der Waals surface area contributed by atoms with Gasteiger partial charge in [-0.05, 0) is 5.56 Å². The molecule has 0 saturated carbocycles. The predicted molar refractivity (Wildman–Crippen MR) is 52.5 cm³/mol. The van der Waals surface area contributed by atoms with Crippen LogP contribution < -0.4 is 0 Å². The summed E-state index contributed by atoms with van der Waals surface area (Å²) >= 11 is 0. The van der Waals surface area contributed by atoms with E-state index in [0.29, 0.717) is 13.0 Å².